The number of fused-ring (bicyclic) bond motifs is 1. The number of thiazole rings is 1. The molecule has 2 unspecified atom stereocenters. The number of aromatic nitrogens is 1. The van der Waals surface area contributed by atoms with Gasteiger partial charge in [0.2, 0.25) is 0 Å². The average molecular weight is 502 g/mol. The number of rotatable bonds is 1. The third-order valence-electron chi connectivity index (χ3n) is 7.41. The lowest BCUT2D eigenvalue weighted by atomic mass is 9.73. The number of carbonyl (C=O) groups is 2. The number of ketones is 1. The highest BCUT2D eigenvalue weighted by Gasteiger charge is 2.42. The smallest absolute Gasteiger partial charge is 0.309 e. The van der Waals surface area contributed by atoms with Crippen molar-refractivity contribution < 1.29 is 24.5 Å². The van der Waals surface area contributed by atoms with Gasteiger partial charge in [-0.1, -0.05) is 45.4 Å². The van der Waals surface area contributed by atoms with Crippen LogP contribution in [0.3, 0.4) is 0 Å². The highest BCUT2D eigenvalue weighted by molar-refractivity contribution is 7.18. The summed E-state index contributed by atoms with van der Waals surface area (Å²) in [5.74, 6) is -1.50. The maximum Gasteiger partial charge on any atom is 0.309 e. The number of hydrogen-bond donors (Lipinski definition) is 2. The molecule has 1 aliphatic heterocycles. The van der Waals surface area contributed by atoms with Crippen LogP contribution in [-0.2, 0) is 14.3 Å². The van der Waals surface area contributed by atoms with Crippen molar-refractivity contribution in [3.63, 3.8) is 0 Å². The molecule has 0 amide bonds. The van der Waals surface area contributed by atoms with E-state index in [1.54, 1.807) is 32.1 Å². The van der Waals surface area contributed by atoms with Crippen molar-refractivity contribution in [3.05, 3.63) is 40.4 Å². The Morgan fingerprint density at radius 2 is 1.86 bits per heavy atom. The minimum Gasteiger partial charge on any atom is -0.457 e. The number of aliphatic hydroxyl groups is 2. The molecule has 7 heteroatoms. The summed E-state index contributed by atoms with van der Waals surface area (Å²) >= 11 is 1.62. The zero-order valence-electron chi connectivity index (χ0n) is 21.7. The molecule has 2 heterocycles. The lowest BCUT2D eigenvalue weighted by molar-refractivity contribution is -0.155. The number of allylic oxidation sites excluding steroid dienone is 1. The Hall–Kier alpha value is -2.09. The van der Waals surface area contributed by atoms with Crippen LogP contribution in [0, 0.1) is 24.2 Å². The third-order valence-corrected chi connectivity index (χ3v) is 8.36. The predicted octanol–water partition coefficient (Wildman–Crippen LogP) is 5.69. The van der Waals surface area contributed by atoms with Gasteiger partial charge in [-0.3, -0.25) is 9.59 Å². The standard InChI is InChI=1S/C28H39NO5S/c1-16-8-7-9-17(2)26(32)18(3)27(33)28(5,6)24(30)15-25(31)34-22(12-10-16)20-11-13-23-21(14-20)29-19(4)35-23/h10-11,13-14,17-18,22,24,26,30,32H,7-9,12,15H2,1-6H3/t17?,18?,22-,24-,26-/m0/s1. The van der Waals surface area contributed by atoms with Gasteiger partial charge in [-0.05, 0) is 56.7 Å². The van der Waals surface area contributed by atoms with Crippen LogP contribution in [-0.4, -0.2) is 39.2 Å². The zero-order chi connectivity index (χ0) is 25.9. The maximum absolute atomic E-state index is 13.2. The van der Waals surface area contributed by atoms with Crippen LogP contribution in [0.15, 0.2) is 29.8 Å². The molecule has 35 heavy (non-hydrogen) atoms. The van der Waals surface area contributed by atoms with Gasteiger partial charge < -0.3 is 14.9 Å². The van der Waals surface area contributed by atoms with Gasteiger partial charge in [-0.25, -0.2) is 4.98 Å². The molecule has 1 aliphatic rings. The van der Waals surface area contributed by atoms with Gasteiger partial charge in [0, 0.05) is 12.3 Å². The molecule has 0 spiro atoms. The molecule has 0 saturated carbocycles. The Kier molecular flexibility index (Phi) is 8.89. The first kappa shape index (κ1) is 27.5. The molecule has 6 nitrogen and oxygen atoms in total. The second kappa shape index (κ2) is 11.3. The quantitative estimate of drug-likeness (QED) is 0.385. The van der Waals surface area contributed by atoms with E-state index >= 15 is 0 Å². The SMILES string of the molecule is CC1=CC[C@@H](c2ccc3sc(C)nc3c2)OC(=O)C[C@H](O)C(C)(C)C(=O)C(C)[C@@H](O)C(C)CCC1. The van der Waals surface area contributed by atoms with Crippen molar-refractivity contribution in [1.82, 2.24) is 4.98 Å². The molecule has 2 aromatic rings. The number of nitrogens with zero attached hydrogens (tertiary/aromatic N) is 1. The number of aliphatic hydroxyl groups excluding tert-OH is 2. The van der Waals surface area contributed by atoms with Crippen molar-refractivity contribution in [2.75, 3.05) is 0 Å². The first-order valence-electron chi connectivity index (χ1n) is 12.5. The molecule has 0 saturated heterocycles. The van der Waals surface area contributed by atoms with E-state index in [-0.39, 0.29) is 18.1 Å². The number of benzene rings is 1. The van der Waals surface area contributed by atoms with Gasteiger partial charge in [-0.2, -0.15) is 0 Å². The highest BCUT2D eigenvalue weighted by atomic mass is 32.1. The zero-order valence-corrected chi connectivity index (χ0v) is 22.5. The van der Waals surface area contributed by atoms with Crippen LogP contribution < -0.4 is 0 Å². The molecule has 0 aliphatic carbocycles. The van der Waals surface area contributed by atoms with E-state index < -0.39 is 35.6 Å². The van der Waals surface area contributed by atoms with E-state index in [0.717, 1.165) is 40.1 Å². The van der Waals surface area contributed by atoms with Gasteiger partial charge in [0.1, 0.15) is 11.9 Å². The van der Waals surface area contributed by atoms with Crippen LogP contribution in [0.1, 0.15) is 83.4 Å². The lowest BCUT2D eigenvalue weighted by Crippen LogP contribution is -2.45. The number of Topliss-reactive ketones (excluding diaryl/α,β-unsaturated/α-hetero) is 1. The molecule has 0 bridgehead atoms. The molecule has 0 radical (unpaired) electrons. The molecule has 192 valence electrons. The summed E-state index contributed by atoms with van der Waals surface area (Å²) in [6.45, 7) is 11.0. The Bertz CT molecular complexity index is 1090. The van der Waals surface area contributed by atoms with Gasteiger partial charge >= 0.3 is 5.97 Å². The van der Waals surface area contributed by atoms with Gasteiger partial charge in [0.05, 0.1) is 39.3 Å². The first-order chi connectivity index (χ1) is 16.4. The highest BCUT2D eigenvalue weighted by Crippen LogP contribution is 2.34. The predicted molar refractivity (Wildman–Crippen MR) is 139 cm³/mol. The van der Waals surface area contributed by atoms with E-state index in [1.165, 1.54) is 5.57 Å². The van der Waals surface area contributed by atoms with Crippen molar-refractivity contribution in [1.29, 1.82) is 0 Å². The molecule has 3 rings (SSSR count). The van der Waals surface area contributed by atoms with Gasteiger partial charge in [0.25, 0.3) is 0 Å². The fourth-order valence-corrected chi connectivity index (χ4v) is 5.62. The molecule has 2 N–H and O–H groups in total. The number of aryl methyl sites for hydroxylation is 1. The molecular weight excluding hydrogens is 462 g/mol. The summed E-state index contributed by atoms with van der Waals surface area (Å²) in [6.07, 6.45) is 2.35. The van der Waals surface area contributed by atoms with Crippen LogP contribution >= 0.6 is 11.3 Å². The van der Waals surface area contributed by atoms with Gasteiger partial charge in [-0.15, -0.1) is 11.3 Å². The summed E-state index contributed by atoms with van der Waals surface area (Å²) < 4.78 is 6.96. The molecule has 0 fully saturated rings. The lowest BCUT2D eigenvalue weighted by Gasteiger charge is -2.34. The van der Waals surface area contributed by atoms with Crippen LogP contribution in [0.5, 0.6) is 0 Å². The molecule has 1 aromatic heterocycles. The first-order valence-corrected chi connectivity index (χ1v) is 13.3. The van der Waals surface area contributed by atoms with E-state index in [4.69, 9.17) is 4.74 Å². The largest absolute Gasteiger partial charge is 0.457 e. The fraction of sp³-hybridized carbons (Fsp3) is 0.607. The van der Waals surface area contributed by atoms with E-state index in [0.29, 0.717) is 6.42 Å². The monoisotopic (exact) mass is 501 g/mol. The van der Waals surface area contributed by atoms with Crippen molar-refractivity contribution in [2.45, 2.75) is 92.0 Å². The number of ether oxygens (including phenoxy) is 1. The number of cyclic esters (lactones) is 1. The minimum atomic E-state index is -1.22. The minimum absolute atomic E-state index is 0.0476. The Morgan fingerprint density at radius 1 is 1.14 bits per heavy atom. The average Bonchev–Trinajstić information content (AvgIpc) is 3.18. The topological polar surface area (TPSA) is 96.7 Å². The Labute approximate surface area is 212 Å². The van der Waals surface area contributed by atoms with Crippen LogP contribution in [0.25, 0.3) is 10.2 Å². The summed E-state index contributed by atoms with van der Waals surface area (Å²) in [7, 11) is 0. The van der Waals surface area contributed by atoms with Crippen molar-refractivity contribution in [3.8, 4) is 0 Å². The number of esters is 1. The molecule has 5 atom stereocenters. The number of hydrogen-bond acceptors (Lipinski definition) is 7. The summed E-state index contributed by atoms with van der Waals surface area (Å²) in [6, 6.07) is 5.93. The van der Waals surface area contributed by atoms with E-state index in [2.05, 4.69) is 18.0 Å². The second-order valence-electron chi connectivity index (χ2n) is 10.7. The Balaban J connectivity index is 1.91. The second-order valence-corrected chi connectivity index (χ2v) is 11.9. The summed E-state index contributed by atoms with van der Waals surface area (Å²) in [4.78, 5) is 30.7. The summed E-state index contributed by atoms with van der Waals surface area (Å²) in [5.41, 5.74) is 1.73. The molecular formula is C28H39NO5S. The van der Waals surface area contributed by atoms with Gasteiger partial charge in [0.15, 0.2) is 0 Å². The maximum atomic E-state index is 13.2. The van der Waals surface area contributed by atoms with Crippen LogP contribution in [0.4, 0.5) is 0 Å². The number of carbonyl (C=O) groups excluding carboxylic acids is 2. The summed E-state index contributed by atoms with van der Waals surface area (Å²) in [5, 5.41) is 22.6. The Morgan fingerprint density at radius 3 is 2.57 bits per heavy atom. The third kappa shape index (κ3) is 6.57. The van der Waals surface area contributed by atoms with E-state index in [1.807, 2.05) is 32.0 Å². The van der Waals surface area contributed by atoms with Crippen LogP contribution in [0.2, 0.25) is 0 Å². The molecule has 1 aromatic carbocycles. The normalized spacial score (nSPS) is 29.6. The van der Waals surface area contributed by atoms with E-state index in [9.17, 15) is 19.8 Å². The van der Waals surface area contributed by atoms with Crippen molar-refractivity contribution in [2.24, 2.45) is 17.3 Å². The fourth-order valence-electron chi connectivity index (χ4n) is 4.81. The van der Waals surface area contributed by atoms with Crippen molar-refractivity contribution >= 4 is 33.3 Å².